The van der Waals surface area contributed by atoms with Gasteiger partial charge in [0.1, 0.15) is 0 Å². The maximum absolute atomic E-state index is 12.1. The molecule has 2 heterocycles. The molecule has 0 amide bonds. The Kier molecular flexibility index (Phi) is 5.30. The van der Waals surface area contributed by atoms with Gasteiger partial charge in [0.25, 0.3) is 0 Å². The van der Waals surface area contributed by atoms with Crippen LogP contribution in [0.3, 0.4) is 0 Å². The second kappa shape index (κ2) is 7.00. The molecule has 0 saturated heterocycles. The third-order valence-corrected chi connectivity index (χ3v) is 4.43. The SMILES string of the molecule is CCOC(=O)CCC(=O)c1cc2nc(OC)c(Br)cc2s1. The Labute approximate surface area is 134 Å². The molecule has 5 nitrogen and oxygen atoms in total. The molecule has 0 spiro atoms. The van der Waals surface area contributed by atoms with Gasteiger partial charge in [-0.15, -0.1) is 11.3 Å². The average Bonchev–Trinajstić information content (AvgIpc) is 2.86. The maximum Gasteiger partial charge on any atom is 0.306 e. The third kappa shape index (κ3) is 3.79. The molecule has 0 aliphatic carbocycles. The van der Waals surface area contributed by atoms with Gasteiger partial charge in [0, 0.05) is 6.42 Å². The van der Waals surface area contributed by atoms with Crippen LogP contribution in [0.1, 0.15) is 29.4 Å². The second-order valence-electron chi connectivity index (χ2n) is 4.20. The van der Waals surface area contributed by atoms with Crippen molar-refractivity contribution in [3.8, 4) is 5.88 Å². The van der Waals surface area contributed by atoms with Gasteiger partial charge in [-0.1, -0.05) is 0 Å². The summed E-state index contributed by atoms with van der Waals surface area (Å²) in [4.78, 5) is 28.3. The topological polar surface area (TPSA) is 65.5 Å². The minimum atomic E-state index is -0.352. The van der Waals surface area contributed by atoms with Gasteiger partial charge in [0.2, 0.25) is 5.88 Å². The van der Waals surface area contributed by atoms with Crippen LogP contribution in [-0.4, -0.2) is 30.5 Å². The Morgan fingerprint density at radius 3 is 2.76 bits per heavy atom. The van der Waals surface area contributed by atoms with E-state index in [-0.39, 0.29) is 24.6 Å². The lowest BCUT2D eigenvalue weighted by molar-refractivity contribution is -0.143. The van der Waals surface area contributed by atoms with E-state index in [0.717, 1.165) is 9.17 Å². The Bertz CT molecular complexity index is 683. The highest BCUT2D eigenvalue weighted by Crippen LogP contribution is 2.32. The number of Topliss-reactive ketones (excluding diaryl/α,β-unsaturated/α-hetero) is 1. The molecule has 0 fully saturated rings. The summed E-state index contributed by atoms with van der Waals surface area (Å²) >= 11 is 4.72. The van der Waals surface area contributed by atoms with Crippen molar-refractivity contribution >= 4 is 49.2 Å². The number of hydrogen-bond acceptors (Lipinski definition) is 6. The van der Waals surface area contributed by atoms with E-state index in [2.05, 4.69) is 20.9 Å². The number of ketones is 1. The molecular formula is C14H14BrNO4S. The molecule has 0 radical (unpaired) electrons. The zero-order valence-corrected chi connectivity index (χ0v) is 14.0. The monoisotopic (exact) mass is 371 g/mol. The van der Waals surface area contributed by atoms with Gasteiger partial charge in [-0.05, 0) is 35.0 Å². The molecule has 112 valence electrons. The van der Waals surface area contributed by atoms with E-state index in [1.54, 1.807) is 13.0 Å². The second-order valence-corrected chi connectivity index (χ2v) is 6.14. The van der Waals surface area contributed by atoms with Gasteiger partial charge >= 0.3 is 5.97 Å². The number of carbonyl (C=O) groups excluding carboxylic acids is 2. The smallest absolute Gasteiger partial charge is 0.306 e. The van der Waals surface area contributed by atoms with Crippen molar-refractivity contribution in [3.05, 3.63) is 21.5 Å². The lowest BCUT2D eigenvalue weighted by Crippen LogP contribution is -2.07. The summed E-state index contributed by atoms with van der Waals surface area (Å²) in [6, 6.07) is 3.59. The van der Waals surface area contributed by atoms with Gasteiger partial charge in [0.15, 0.2) is 5.78 Å². The fourth-order valence-corrected chi connectivity index (χ4v) is 3.42. The predicted octanol–water partition coefficient (Wildman–Crippen LogP) is 3.59. The van der Waals surface area contributed by atoms with Gasteiger partial charge in [-0.3, -0.25) is 9.59 Å². The summed E-state index contributed by atoms with van der Waals surface area (Å²) in [7, 11) is 1.54. The fraction of sp³-hybridized carbons (Fsp3) is 0.357. The molecule has 2 aromatic rings. The van der Waals surface area contributed by atoms with Crippen molar-refractivity contribution in [1.29, 1.82) is 0 Å². The van der Waals surface area contributed by atoms with Crippen LogP contribution in [-0.2, 0) is 9.53 Å². The van der Waals surface area contributed by atoms with Crippen molar-refractivity contribution in [2.45, 2.75) is 19.8 Å². The van der Waals surface area contributed by atoms with E-state index in [0.29, 0.717) is 22.9 Å². The Balaban J connectivity index is 2.15. The van der Waals surface area contributed by atoms with E-state index in [1.165, 1.54) is 18.4 Å². The number of methoxy groups -OCH3 is 1. The summed E-state index contributed by atoms with van der Waals surface area (Å²) in [6.45, 7) is 2.07. The molecule has 2 aromatic heterocycles. The largest absolute Gasteiger partial charge is 0.480 e. The maximum atomic E-state index is 12.1. The fourth-order valence-electron chi connectivity index (χ4n) is 1.78. The first-order chi connectivity index (χ1) is 10.0. The number of thiophene rings is 1. The molecule has 7 heteroatoms. The third-order valence-electron chi connectivity index (χ3n) is 2.75. The Morgan fingerprint density at radius 2 is 2.10 bits per heavy atom. The lowest BCUT2D eigenvalue weighted by Gasteiger charge is -2.00. The number of pyridine rings is 1. The first-order valence-corrected chi connectivity index (χ1v) is 7.99. The van der Waals surface area contributed by atoms with Crippen LogP contribution in [0.4, 0.5) is 0 Å². The number of rotatable bonds is 6. The first-order valence-electron chi connectivity index (χ1n) is 6.38. The van der Waals surface area contributed by atoms with Gasteiger partial charge in [0.05, 0.1) is 39.7 Å². The molecule has 2 rings (SSSR count). The van der Waals surface area contributed by atoms with Crippen LogP contribution >= 0.6 is 27.3 Å². The molecule has 21 heavy (non-hydrogen) atoms. The lowest BCUT2D eigenvalue weighted by atomic mass is 10.2. The van der Waals surface area contributed by atoms with E-state index in [9.17, 15) is 9.59 Å². The standard InChI is InChI=1S/C14H14BrNO4S/c1-3-20-13(18)5-4-10(17)12-7-9-11(21-12)6-8(15)14(16-9)19-2/h6-7H,3-5H2,1-2H3. The van der Waals surface area contributed by atoms with Crippen LogP contribution in [0.25, 0.3) is 10.2 Å². The highest BCUT2D eigenvalue weighted by Gasteiger charge is 2.15. The molecule has 0 N–H and O–H groups in total. The van der Waals surface area contributed by atoms with E-state index in [4.69, 9.17) is 9.47 Å². The van der Waals surface area contributed by atoms with E-state index < -0.39 is 0 Å². The molecule has 0 aromatic carbocycles. The van der Waals surface area contributed by atoms with Crippen LogP contribution in [0.15, 0.2) is 16.6 Å². The number of nitrogens with zero attached hydrogens (tertiary/aromatic N) is 1. The van der Waals surface area contributed by atoms with Crippen molar-refractivity contribution in [1.82, 2.24) is 4.98 Å². The van der Waals surface area contributed by atoms with Gasteiger partial charge in [-0.2, -0.15) is 0 Å². The molecule has 0 aliphatic heterocycles. The summed E-state index contributed by atoms with van der Waals surface area (Å²) in [6.07, 6.45) is 0.241. The Morgan fingerprint density at radius 1 is 1.33 bits per heavy atom. The molecule has 0 saturated carbocycles. The molecule has 0 atom stereocenters. The number of fused-ring (bicyclic) bond motifs is 1. The van der Waals surface area contributed by atoms with Crippen molar-refractivity contribution in [2.24, 2.45) is 0 Å². The highest BCUT2D eigenvalue weighted by molar-refractivity contribution is 9.10. The van der Waals surface area contributed by atoms with Crippen LogP contribution in [0.5, 0.6) is 5.88 Å². The minimum Gasteiger partial charge on any atom is -0.480 e. The molecule has 0 unspecified atom stereocenters. The minimum absolute atomic E-state index is 0.0823. The van der Waals surface area contributed by atoms with Crippen molar-refractivity contribution in [2.75, 3.05) is 13.7 Å². The first kappa shape index (κ1) is 15.9. The van der Waals surface area contributed by atoms with Gasteiger partial charge in [-0.25, -0.2) is 4.98 Å². The number of halogens is 1. The number of aromatic nitrogens is 1. The van der Waals surface area contributed by atoms with Crippen molar-refractivity contribution < 1.29 is 19.1 Å². The Hall–Kier alpha value is -1.47. The van der Waals surface area contributed by atoms with E-state index >= 15 is 0 Å². The zero-order chi connectivity index (χ0) is 15.4. The van der Waals surface area contributed by atoms with Crippen LogP contribution < -0.4 is 4.74 Å². The number of esters is 1. The van der Waals surface area contributed by atoms with E-state index in [1.807, 2.05) is 6.07 Å². The average molecular weight is 372 g/mol. The normalized spacial score (nSPS) is 10.6. The summed E-state index contributed by atoms with van der Waals surface area (Å²) in [5.41, 5.74) is 0.708. The summed E-state index contributed by atoms with van der Waals surface area (Å²) in [5.74, 6) is 0.0430. The van der Waals surface area contributed by atoms with Gasteiger partial charge < -0.3 is 9.47 Å². The van der Waals surface area contributed by atoms with Crippen LogP contribution in [0, 0.1) is 0 Å². The number of carbonyl (C=O) groups is 2. The predicted molar refractivity (Wildman–Crippen MR) is 84.1 cm³/mol. The quantitative estimate of drug-likeness (QED) is 0.573. The number of hydrogen-bond donors (Lipinski definition) is 0. The van der Waals surface area contributed by atoms with Crippen molar-refractivity contribution in [3.63, 3.8) is 0 Å². The summed E-state index contributed by atoms with van der Waals surface area (Å²) < 4.78 is 11.6. The molecule has 0 bridgehead atoms. The molecule has 0 aliphatic rings. The molecular weight excluding hydrogens is 358 g/mol. The highest BCUT2D eigenvalue weighted by atomic mass is 79.9. The zero-order valence-electron chi connectivity index (χ0n) is 11.6. The van der Waals surface area contributed by atoms with Crippen LogP contribution in [0.2, 0.25) is 0 Å². The summed E-state index contributed by atoms with van der Waals surface area (Å²) in [5, 5.41) is 0. The number of ether oxygens (including phenoxy) is 2.